The Bertz CT molecular complexity index is 722. The fraction of sp³-hybridized carbons (Fsp3) is 0.182. The van der Waals surface area contributed by atoms with Crippen LogP contribution in [0.4, 0.5) is 5.95 Å². The highest BCUT2D eigenvalue weighted by molar-refractivity contribution is 6.42. The summed E-state index contributed by atoms with van der Waals surface area (Å²) >= 11 is 12.0. The molecule has 1 aromatic carbocycles. The van der Waals surface area contributed by atoms with Gasteiger partial charge >= 0.3 is 0 Å². The van der Waals surface area contributed by atoms with Crippen LogP contribution < -0.4 is 5.73 Å². The van der Waals surface area contributed by atoms with Crippen LogP contribution in [0.25, 0.3) is 11.0 Å². The maximum atomic E-state index is 6.02. The lowest BCUT2D eigenvalue weighted by molar-refractivity contribution is 0.408. The lowest BCUT2D eigenvalue weighted by Crippen LogP contribution is -2.06. The molecular weight excluding hydrogens is 289 g/mol. The van der Waals surface area contributed by atoms with E-state index in [1.807, 2.05) is 4.57 Å². The predicted molar refractivity (Wildman–Crippen MR) is 72.2 cm³/mol. The standard InChI is InChI=1S/C11H9Cl2N5O/c12-6-3-8-9(4-7(6)13)18(11(14)16-8)2-1-10-15-5-19-17-10/h3-5H,1-2H2,(H2,14,16). The third-order valence-electron chi connectivity index (χ3n) is 2.79. The summed E-state index contributed by atoms with van der Waals surface area (Å²) in [6, 6.07) is 3.44. The first-order valence-corrected chi connectivity index (χ1v) is 6.27. The molecule has 0 aliphatic carbocycles. The van der Waals surface area contributed by atoms with Gasteiger partial charge in [0.25, 0.3) is 0 Å². The molecule has 0 saturated carbocycles. The summed E-state index contributed by atoms with van der Waals surface area (Å²) in [4.78, 5) is 8.21. The number of hydrogen-bond acceptors (Lipinski definition) is 5. The zero-order chi connectivity index (χ0) is 13.4. The highest BCUT2D eigenvalue weighted by Gasteiger charge is 2.11. The van der Waals surface area contributed by atoms with Crippen molar-refractivity contribution in [3.05, 3.63) is 34.4 Å². The van der Waals surface area contributed by atoms with Crippen molar-refractivity contribution in [3.8, 4) is 0 Å². The SMILES string of the molecule is Nc1nc2cc(Cl)c(Cl)cc2n1CCc1ncon1. The molecule has 0 amide bonds. The predicted octanol–water partition coefficient (Wildman–Crippen LogP) is 2.55. The molecule has 0 saturated heterocycles. The van der Waals surface area contributed by atoms with Gasteiger partial charge in [-0.1, -0.05) is 28.4 Å². The molecule has 2 N–H and O–H groups in total. The average molecular weight is 298 g/mol. The highest BCUT2D eigenvalue weighted by Crippen LogP contribution is 2.29. The number of nitrogens with two attached hydrogens (primary N) is 1. The van der Waals surface area contributed by atoms with Crippen LogP contribution >= 0.6 is 23.2 Å². The Balaban J connectivity index is 1.98. The van der Waals surface area contributed by atoms with Gasteiger partial charge in [0, 0.05) is 13.0 Å². The van der Waals surface area contributed by atoms with Crippen molar-refractivity contribution in [3.63, 3.8) is 0 Å². The van der Waals surface area contributed by atoms with Gasteiger partial charge in [0.1, 0.15) is 0 Å². The van der Waals surface area contributed by atoms with Crippen molar-refractivity contribution < 1.29 is 4.52 Å². The second-order valence-corrected chi connectivity index (χ2v) is 4.79. The fourth-order valence-corrected chi connectivity index (χ4v) is 2.20. The molecule has 6 nitrogen and oxygen atoms in total. The number of anilines is 1. The van der Waals surface area contributed by atoms with Crippen LogP contribution in [0.1, 0.15) is 5.82 Å². The van der Waals surface area contributed by atoms with E-state index >= 15 is 0 Å². The molecular formula is C11H9Cl2N5O. The second kappa shape index (κ2) is 4.71. The van der Waals surface area contributed by atoms with Gasteiger partial charge in [0.15, 0.2) is 5.82 Å². The van der Waals surface area contributed by atoms with Gasteiger partial charge in [-0.25, -0.2) is 4.98 Å². The van der Waals surface area contributed by atoms with E-state index in [4.69, 9.17) is 28.9 Å². The Hall–Kier alpha value is -1.79. The van der Waals surface area contributed by atoms with Gasteiger partial charge in [0.2, 0.25) is 12.3 Å². The monoisotopic (exact) mass is 297 g/mol. The molecule has 98 valence electrons. The molecule has 0 radical (unpaired) electrons. The Labute approximate surface area is 118 Å². The summed E-state index contributed by atoms with van der Waals surface area (Å²) in [5.74, 6) is 1.01. The van der Waals surface area contributed by atoms with E-state index < -0.39 is 0 Å². The molecule has 3 rings (SSSR count). The number of imidazole rings is 1. The number of halogens is 2. The first kappa shape index (κ1) is 12.3. The maximum Gasteiger partial charge on any atom is 0.213 e. The molecule has 0 atom stereocenters. The van der Waals surface area contributed by atoms with Gasteiger partial charge in [-0.3, -0.25) is 0 Å². The molecule has 19 heavy (non-hydrogen) atoms. The number of hydrogen-bond donors (Lipinski definition) is 1. The number of aromatic nitrogens is 4. The molecule has 8 heteroatoms. The molecule has 0 aliphatic rings. The first-order chi connectivity index (χ1) is 9.15. The lowest BCUT2D eigenvalue weighted by Gasteiger charge is -2.04. The number of aryl methyl sites for hydroxylation is 2. The summed E-state index contributed by atoms with van der Waals surface area (Å²) in [5.41, 5.74) is 7.43. The van der Waals surface area contributed by atoms with Gasteiger partial charge < -0.3 is 14.8 Å². The molecule has 0 spiro atoms. The smallest absolute Gasteiger partial charge is 0.213 e. The van der Waals surface area contributed by atoms with Crippen molar-refractivity contribution in [1.29, 1.82) is 0 Å². The zero-order valence-electron chi connectivity index (χ0n) is 9.68. The largest absolute Gasteiger partial charge is 0.369 e. The molecule has 2 aromatic heterocycles. The molecule has 2 heterocycles. The number of nitrogens with zero attached hydrogens (tertiary/aromatic N) is 4. The van der Waals surface area contributed by atoms with Crippen LogP contribution in [0.3, 0.4) is 0 Å². The van der Waals surface area contributed by atoms with Crippen molar-refractivity contribution >= 4 is 40.2 Å². The fourth-order valence-electron chi connectivity index (χ4n) is 1.89. The van der Waals surface area contributed by atoms with E-state index in [1.165, 1.54) is 6.39 Å². The van der Waals surface area contributed by atoms with E-state index in [2.05, 4.69) is 19.6 Å². The molecule has 3 aromatic rings. The summed E-state index contributed by atoms with van der Waals surface area (Å²) < 4.78 is 6.52. The average Bonchev–Trinajstić information content (AvgIpc) is 2.96. The van der Waals surface area contributed by atoms with Crippen LogP contribution in [-0.2, 0) is 13.0 Å². The summed E-state index contributed by atoms with van der Waals surface area (Å²) in [7, 11) is 0. The minimum absolute atomic E-state index is 0.400. The number of fused-ring (bicyclic) bond motifs is 1. The van der Waals surface area contributed by atoms with Gasteiger partial charge in [-0.2, -0.15) is 4.98 Å². The first-order valence-electron chi connectivity index (χ1n) is 5.51. The quantitative estimate of drug-likeness (QED) is 0.803. The second-order valence-electron chi connectivity index (χ2n) is 3.97. The van der Waals surface area contributed by atoms with Gasteiger partial charge in [-0.05, 0) is 12.1 Å². The Morgan fingerprint density at radius 1 is 1.26 bits per heavy atom. The van der Waals surface area contributed by atoms with Crippen LogP contribution in [-0.4, -0.2) is 19.7 Å². The van der Waals surface area contributed by atoms with Crippen molar-refractivity contribution in [1.82, 2.24) is 19.7 Å². The van der Waals surface area contributed by atoms with Crippen LogP contribution in [0, 0.1) is 0 Å². The maximum absolute atomic E-state index is 6.02. The lowest BCUT2D eigenvalue weighted by atomic mass is 10.3. The Morgan fingerprint density at radius 2 is 2.05 bits per heavy atom. The minimum atomic E-state index is 0.400. The van der Waals surface area contributed by atoms with E-state index in [0.717, 1.165) is 5.52 Å². The van der Waals surface area contributed by atoms with Gasteiger partial charge in [-0.15, -0.1) is 0 Å². The van der Waals surface area contributed by atoms with Crippen LogP contribution in [0.15, 0.2) is 23.0 Å². The third kappa shape index (κ3) is 2.24. The third-order valence-corrected chi connectivity index (χ3v) is 3.51. The highest BCUT2D eigenvalue weighted by atomic mass is 35.5. The van der Waals surface area contributed by atoms with Crippen LogP contribution in [0.5, 0.6) is 0 Å². The number of benzene rings is 1. The van der Waals surface area contributed by atoms with E-state index in [1.54, 1.807) is 12.1 Å². The summed E-state index contributed by atoms with van der Waals surface area (Å²) in [6.45, 7) is 0.583. The Kier molecular flexibility index (Phi) is 3.04. The van der Waals surface area contributed by atoms with Crippen molar-refractivity contribution in [2.75, 3.05) is 5.73 Å². The summed E-state index contributed by atoms with van der Waals surface area (Å²) in [6.07, 6.45) is 1.88. The molecule has 0 bridgehead atoms. The van der Waals surface area contributed by atoms with Crippen LogP contribution in [0.2, 0.25) is 10.0 Å². The van der Waals surface area contributed by atoms with Crippen molar-refractivity contribution in [2.24, 2.45) is 0 Å². The van der Waals surface area contributed by atoms with Gasteiger partial charge in [0.05, 0.1) is 21.1 Å². The van der Waals surface area contributed by atoms with Crippen molar-refractivity contribution in [2.45, 2.75) is 13.0 Å². The van der Waals surface area contributed by atoms with E-state index in [-0.39, 0.29) is 0 Å². The Morgan fingerprint density at radius 3 is 2.79 bits per heavy atom. The topological polar surface area (TPSA) is 82.8 Å². The molecule has 0 fully saturated rings. The van der Waals surface area contributed by atoms with E-state index in [9.17, 15) is 0 Å². The number of rotatable bonds is 3. The number of nitrogen functional groups attached to an aromatic ring is 1. The molecule has 0 unspecified atom stereocenters. The summed E-state index contributed by atoms with van der Waals surface area (Å²) in [5, 5.41) is 4.67. The zero-order valence-corrected chi connectivity index (χ0v) is 11.2. The molecule has 0 aliphatic heterocycles. The minimum Gasteiger partial charge on any atom is -0.369 e. The van der Waals surface area contributed by atoms with E-state index in [0.29, 0.717) is 40.3 Å². The normalized spacial score (nSPS) is 11.3.